The molecule has 3 nitrogen and oxygen atoms in total. The van der Waals surface area contributed by atoms with Gasteiger partial charge in [0.1, 0.15) is 12.6 Å². The number of rotatable bonds is 1. The molecule has 3 aromatic heterocycles. The van der Waals surface area contributed by atoms with Crippen molar-refractivity contribution in [3.05, 3.63) is 83.6 Å². The molecule has 31 heavy (non-hydrogen) atoms. The van der Waals surface area contributed by atoms with Crippen molar-refractivity contribution in [2.75, 3.05) is 0 Å². The third kappa shape index (κ3) is 2.59. The van der Waals surface area contributed by atoms with Crippen LogP contribution in [0.25, 0.3) is 55.0 Å². The van der Waals surface area contributed by atoms with Crippen LogP contribution in [-0.4, -0.2) is 4.98 Å². The molecule has 0 aliphatic heterocycles. The van der Waals surface area contributed by atoms with Crippen molar-refractivity contribution < 1.29 is 17.2 Å². The van der Waals surface area contributed by atoms with Gasteiger partial charge in [-0.15, -0.1) is 0 Å². The van der Waals surface area contributed by atoms with Gasteiger partial charge in [-0.3, -0.25) is 0 Å². The molecule has 3 heteroatoms. The number of hydrogen-bond acceptors (Lipinski definition) is 2. The monoisotopic (exact) mass is 409 g/mol. The number of furan rings is 1. The smallest absolute Gasteiger partial charge is 0.216 e. The van der Waals surface area contributed by atoms with Crippen molar-refractivity contribution in [3.63, 3.8) is 0 Å². The average Bonchev–Trinajstić information content (AvgIpc) is 3.19. The second-order valence-corrected chi connectivity index (χ2v) is 8.03. The van der Waals surface area contributed by atoms with Crippen LogP contribution >= 0.6 is 0 Å². The first-order chi connectivity index (χ1) is 17.4. The number of nitrogens with zero attached hydrogens (tertiary/aromatic N) is 2. The first-order valence-electron chi connectivity index (χ1n) is 13.1. The Kier molecular flexibility index (Phi) is 2.65. The van der Waals surface area contributed by atoms with Crippen molar-refractivity contribution in [3.8, 4) is 11.3 Å². The molecule has 0 aliphatic carbocycles. The summed E-state index contributed by atoms with van der Waals surface area (Å²) in [6, 6.07) is 19.5. The predicted molar refractivity (Wildman–Crippen MR) is 127 cm³/mol. The van der Waals surface area contributed by atoms with Gasteiger partial charge in [-0.25, -0.2) is 9.55 Å². The fourth-order valence-corrected chi connectivity index (χ4v) is 4.46. The maximum Gasteiger partial charge on any atom is 0.216 e. The Labute approximate surface area is 189 Å². The standard InChI is InChI=1S/C28H23N2O/c1-16-9-12-22-27-24(14-20-11-10-19-7-5-6-8-21(19)26(20)29-27)31-28(22)25(16)23-13-17(2)18(3)15-30(23)4/h5-15H,1-4H3/q+1/i2D3,3D3. The maximum atomic E-state index is 8.02. The zero-order valence-corrected chi connectivity index (χ0v) is 17.2. The summed E-state index contributed by atoms with van der Waals surface area (Å²) in [6.07, 6.45) is 1.39. The Morgan fingerprint density at radius 2 is 1.68 bits per heavy atom. The van der Waals surface area contributed by atoms with Gasteiger partial charge < -0.3 is 4.42 Å². The number of hydrogen-bond donors (Lipinski definition) is 0. The van der Waals surface area contributed by atoms with Crippen molar-refractivity contribution in [1.82, 2.24) is 4.98 Å². The zero-order valence-electron chi connectivity index (χ0n) is 23.2. The molecule has 0 spiro atoms. The van der Waals surface area contributed by atoms with Crippen LogP contribution in [-0.2, 0) is 7.05 Å². The van der Waals surface area contributed by atoms with Gasteiger partial charge in [0, 0.05) is 36.0 Å². The number of aromatic nitrogens is 2. The lowest BCUT2D eigenvalue weighted by Gasteiger charge is -2.07. The number of benzene rings is 3. The van der Waals surface area contributed by atoms with Gasteiger partial charge in [0.2, 0.25) is 5.69 Å². The van der Waals surface area contributed by atoms with E-state index >= 15 is 0 Å². The highest BCUT2D eigenvalue weighted by molar-refractivity contribution is 6.14. The van der Waals surface area contributed by atoms with Gasteiger partial charge in [0.05, 0.1) is 11.1 Å². The summed E-state index contributed by atoms with van der Waals surface area (Å²) in [5.41, 5.74) is 4.56. The van der Waals surface area contributed by atoms with E-state index < -0.39 is 13.7 Å². The zero-order chi connectivity index (χ0) is 26.3. The predicted octanol–water partition coefficient (Wildman–Crippen LogP) is 6.70. The topological polar surface area (TPSA) is 29.9 Å². The Bertz CT molecular complexity index is 1880. The van der Waals surface area contributed by atoms with Crippen molar-refractivity contribution in [2.24, 2.45) is 7.05 Å². The highest BCUT2D eigenvalue weighted by atomic mass is 16.3. The van der Waals surface area contributed by atoms with E-state index in [2.05, 4.69) is 18.2 Å². The molecule has 0 aliphatic rings. The Morgan fingerprint density at radius 3 is 2.55 bits per heavy atom. The maximum absolute atomic E-state index is 8.02. The molecule has 0 bridgehead atoms. The molecular formula is C28H23N2O+. The Hall–Kier alpha value is -3.72. The fraction of sp³-hybridized carbons (Fsp3) is 0.143. The van der Waals surface area contributed by atoms with Crippen LogP contribution in [0.4, 0.5) is 0 Å². The van der Waals surface area contributed by atoms with E-state index in [4.69, 9.17) is 17.6 Å². The van der Waals surface area contributed by atoms with Crippen LogP contribution in [0.5, 0.6) is 0 Å². The molecule has 6 rings (SSSR count). The molecule has 6 aromatic rings. The minimum absolute atomic E-state index is 0.187. The molecule has 0 N–H and O–H groups in total. The van der Waals surface area contributed by atoms with Gasteiger partial charge in [0.15, 0.2) is 17.4 Å². The summed E-state index contributed by atoms with van der Waals surface area (Å²) >= 11 is 0. The quantitative estimate of drug-likeness (QED) is 0.223. The van der Waals surface area contributed by atoms with E-state index in [9.17, 15) is 0 Å². The van der Waals surface area contributed by atoms with Gasteiger partial charge >= 0.3 is 0 Å². The normalized spacial score (nSPS) is 15.5. The highest BCUT2D eigenvalue weighted by Crippen LogP contribution is 2.38. The third-order valence-corrected chi connectivity index (χ3v) is 6.04. The van der Waals surface area contributed by atoms with Crippen molar-refractivity contribution >= 4 is 43.7 Å². The van der Waals surface area contributed by atoms with E-state index in [0.29, 0.717) is 22.4 Å². The molecule has 0 radical (unpaired) electrons. The first-order valence-corrected chi connectivity index (χ1v) is 10.1. The highest BCUT2D eigenvalue weighted by Gasteiger charge is 2.22. The number of aryl methyl sites for hydroxylation is 4. The van der Waals surface area contributed by atoms with Gasteiger partial charge in [0.25, 0.3) is 0 Å². The Morgan fingerprint density at radius 1 is 0.839 bits per heavy atom. The van der Waals surface area contributed by atoms with Gasteiger partial charge in [-0.05, 0) is 49.3 Å². The molecule has 0 saturated heterocycles. The summed E-state index contributed by atoms with van der Waals surface area (Å²) in [6.45, 7) is -3.23. The summed E-state index contributed by atoms with van der Waals surface area (Å²) in [5.74, 6) is 0. The lowest BCUT2D eigenvalue weighted by Crippen LogP contribution is -2.31. The minimum Gasteiger partial charge on any atom is -0.453 e. The second-order valence-electron chi connectivity index (χ2n) is 8.03. The third-order valence-electron chi connectivity index (χ3n) is 6.04. The molecule has 0 unspecified atom stereocenters. The molecular weight excluding hydrogens is 380 g/mol. The summed E-state index contributed by atoms with van der Waals surface area (Å²) in [5, 5.41) is 3.92. The summed E-state index contributed by atoms with van der Waals surface area (Å²) in [4.78, 5) is 5.02. The van der Waals surface area contributed by atoms with E-state index in [1.165, 1.54) is 12.3 Å². The molecule has 0 fully saturated rings. The number of pyridine rings is 2. The largest absolute Gasteiger partial charge is 0.453 e. The molecule has 3 heterocycles. The van der Waals surface area contributed by atoms with Crippen LogP contribution in [0, 0.1) is 20.6 Å². The van der Waals surface area contributed by atoms with Crippen molar-refractivity contribution in [2.45, 2.75) is 20.6 Å². The minimum atomic E-state index is -2.59. The Balaban J connectivity index is 1.69. The molecule has 0 saturated carbocycles. The number of fused-ring (bicyclic) bond motifs is 6. The van der Waals surface area contributed by atoms with E-state index in [1.807, 2.05) is 43.3 Å². The summed E-state index contributed by atoms with van der Waals surface area (Å²) in [7, 11) is 1.72. The lowest BCUT2D eigenvalue weighted by molar-refractivity contribution is -0.660. The SMILES string of the molecule is [2H]C([2H])([2H])c1cc(-c2c(C)ccc3c2oc2cc4ccc5ccccc5c4nc23)[n+](C)cc1C([2H])([2H])[2H]. The van der Waals surface area contributed by atoms with Gasteiger partial charge in [-0.2, -0.15) is 0 Å². The molecule has 3 aromatic carbocycles. The van der Waals surface area contributed by atoms with E-state index in [0.717, 1.165) is 38.1 Å². The first kappa shape index (κ1) is 12.9. The van der Waals surface area contributed by atoms with Crippen molar-refractivity contribution in [1.29, 1.82) is 0 Å². The van der Waals surface area contributed by atoms with Crippen LogP contribution in [0.3, 0.4) is 0 Å². The van der Waals surface area contributed by atoms with Crippen LogP contribution in [0.2, 0.25) is 0 Å². The fourth-order valence-electron chi connectivity index (χ4n) is 4.46. The van der Waals surface area contributed by atoms with E-state index in [-0.39, 0.29) is 11.1 Å². The van der Waals surface area contributed by atoms with Crippen LogP contribution in [0.15, 0.2) is 71.3 Å². The van der Waals surface area contributed by atoms with Crippen LogP contribution < -0.4 is 4.57 Å². The summed E-state index contributed by atoms with van der Waals surface area (Å²) < 4.78 is 55.7. The van der Waals surface area contributed by atoms with Gasteiger partial charge in [-0.1, -0.05) is 42.5 Å². The average molecular weight is 410 g/mol. The molecule has 150 valence electrons. The molecule has 0 amide bonds. The lowest BCUT2D eigenvalue weighted by atomic mass is 9.99. The van der Waals surface area contributed by atoms with E-state index in [1.54, 1.807) is 11.6 Å². The second kappa shape index (κ2) is 6.39. The van der Waals surface area contributed by atoms with Crippen LogP contribution in [0.1, 0.15) is 24.9 Å². The molecule has 0 atom stereocenters.